The Morgan fingerprint density at radius 1 is 1.08 bits per heavy atom. The molecule has 1 amide bonds. The molecule has 1 aromatic heterocycles. The Morgan fingerprint density at radius 3 is 2.46 bits per heavy atom. The lowest BCUT2D eigenvalue weighted by Crippen LogP contribution is -2.50. The van der Waals surface area contributed by atoms with Crippen molar-refractivity contribution in [2.75, 3.05) is 32.7 Å². The number of aliphatic hydroxyl groups excluding tert-OH is 1. The summed E-state index contributed by atoms with van der Waals surface area (Å²) < 4.78 is 2.01. The van der Waals surface area contributed by atoms with Crippen molar-refractivity contribution in [2.45, 2.75) is 19.6 Å². The molecule has 3 rings (SSSR count). The van der Waals surface area contributed by atoms with E-state index in [2.05, 4.69) is 17.0 Å². The van der Waals surface area contributed by atoms with Gasteiger partial charge in [0.15, 0.2) is 0 Å². The minimum Gasteiger partial charge on any atom is -0.392 e. The molecule has 1 N–H and O–H groups in total. The summed E-state index contributed by atoms with van der Waals surface area (Å²) in [5.74, 6) is 0.0904. The number of aromatic nitrogens is 1. The number of amides is 1. The van der Waals surface area contributed by atoms with Gasteiger partial charge in [-0.3, -0.25) is 9.69 Å². The smallest absolute Gasteiger partial charge is 0.270 e. The van der Waals surface area contributed by atoms with Crippen LogP contribution in [0.15, 0.2) is 48.7 Å². The number of nitrogens with zero attached hydrogens (tertiary/aromatic N) is 3. The van der Waals surface area contributed by atoms with E-state index in [1.807, 2.05) is 46.0 Å². The normalized spacial score (nSPS) is 17.0. The molecule has 1 atom stereocenters. The molecule has 1 unspecified atom stereocenters. The van der Waals surface area contributed by atoms with Gasteiger partial charge in [-0.05, 0) is 24.6 Å². The van der Waals surface area contributed by atoms with Gasteiger partial charge in [-0.25, -0.2) is 0 Å². The third-order valence-corrected chi connectivity index (χ3v) is 4.43. The second-order valence-corrected chi connectivity index (χ2v) is 6.45. The Kier molecular flexibility index (Phi) is 5.33. The van der Waals surface area contributed by atoms with Crippen molar-refractivity contribution >= 4 is 5.91 Å². The molecule has 2 heterocycles. The first-order valence-corrected chi connectivity index (χ1v) is 8.52. The van der Waals surface area contributed by atoms with Gasteiger partial charge in [0, 0.05) is 45.5 Å². The summed E-state index contributed by atoms with van der Waals surface area (Å²) in [6.45, 7) is 6.23. The third-order valence-electron chi connectivity index (χ3n) is 4.43. The fourth-order valence-corrected chi connectivity index (χ4v) is 3.20. The zero-order valence-electron chi connectivity index (χ0n) is 14.1. The Morgan fingerprint density at radius 2 is 1.79 bits per heavy atom. The largest absolute Gasteiger partial charge is 0.392 e. The van der Waals surface area contributed by atoms with E-state index in [9.17, 15) is 9.90 Å². The highest BCUT2D eigenvalue weighted by Crippen LogP contribution is 2.12. The second kappa shape index (κ2) is 7.64. The van der Waals surface area contributed by atoms with Gasteiger partial charge in [-0.15, -0.1) is 0 Å². The maximum atomic E-state index is 12.8. The van der Waals surface area contributed by atoms with Gasteiger partial charge in [-0.2, -0.15) is 0 Å². The second-order valence-electron chi connectivity index (χ2n) is 6.45. The lowest BCUT2D eigenvalue weighted by Gasteiger charge is -2.35. The minimum atomic E-state index is -0.324. The van der Waals surface area contributed by atoms with Crippen molar-refractivity contribution in [2.24, 2.45) is 0 Å². The van der Waals surface area contributed by atoms with Gasteiger partial charge in [0.25, 0.3) is 5.91 Å². The van der Waals surface area contributed by atoms with Gasteiger partial charge >= 0.3 is 0 Å². The highest BCUT2D eigenvalue weighted by Gasteiger charge is 2.24. The fraction of sp³-hybridized carbons (Fsp3) is 0.421. The van der Waals surface area contributed by atoms with E-state index in [4.69, 9.17) is 0 Å². The summed E-state index contributed by atoms with van der Waals surface area (Å²) in [6.07, 6.45) is 1.64. The molecule has 0 radical (unpaired) electrons. The van der Waals surface area contributed by atoms with E-state index in [1.165, 1.54) is 5.56 Å². The van der Waals surface area contributed by atoms with Crippen LogP contribution in [0.1, 0.15) is 23.0 Å². The average Bonchev–Trinajstić information content (AvgIpc) is 3.03. The van der Waals surface area contributed by atoms with Crippen molar-refractivity contribution in [1.29, 1.82) is 0 Å². The first kappa shape index (κ1) is 16.7. The van der Waals surface area contributed by atoms with Crippen molar-refractivity contribution in [1.82, 2.24) is 14.4 Å². The molecule has 0 aliphatic carbocycles. The summed E-state index contributed by atoms with van der Waals surface area (Å²) in [5.41, 5.74) is 1.92. The highest BCUT2D eigenvalue weighted by atomic mass is 16.3. The molecule has 2 aromatic rings. The summed E-state index contributed by atoms with van der Waals surface area (Å²) in [7, 11) is 0. The Bertz CT molecular complexity index is 658. The molecule has 128 valence electrons. The molecule has 0 saturated carbocycles. The predicted molar refractivity (Wildman–Crippen MR) is 94.0 cm³/mol. The van der Waals surface area contributed by atoms with E-state index < -0.39 is 0 Å². The third kappa shape index (κ3) is 4.04. The Labute approximate surface area is 143 Å². The molecular formula is C19H25N3O2. The first-order valence-electron chi connectivity index (χ1n) is 8.52. The number of carbonyl (C=O) groups excluding carboxylic acids is 1. The minimum absolute atomic E-state index is 0.0904. The van der Waals surface area contributed by atoms with Gasteiger partial charge in [0.2, 0.25) is 0 Å². The highest BCUT2D eigenvalue weighted by molar-refractivity contribution is 5.92. The predicted octanol–water partition coefficient (Wildman–Crippen LogP) is 1.67. The number of benzene rings is 1. The van der Waals surface area contributed by atoms with E-state index in [0.29, 0.717) is 26.2 Å². The van der Waals surface area contributed by atoms with Gasteiger partial charge in [-0.1, -0.05) is 30.3 Å². The molecule has 1 fully saturated rings. The lowest BCUT2D eigenvalue weighted by molar-refractivity contribution is 0.0545. The summed E-state index contributed by atoms with van der Waals surface area (Å²) in [6, 6.07) is 14.0. The quantitative estimate of drug-likeness (QED) is 0.909. The van der Waals surface area contributed by atoms with Gasteiger partial charge in [0.1, 0.15) is 5.69 Å². The van der Waals surface area contributed by atoms with Crippen molar-refractivity contribution in [3.05, 3.63) is 59.9 Å². The Hall–Kier alpha value is -2.11. The van der Waals surface area contributed by atoms with Crippen LogP contribution in [0.5, 0.6) is 0 Å². The van der Waals surface area contributed by atoms with Crippen LogP contribution in [0.4, 0.5) is 0 Å². The van der Waals surface area contributed by atoms with Crippen LogP contribution >= 0.6 is 0 Å². The molecule has 5 heteroatoms. The van der Waals surface area contributed by atoms with Crippen LogP contribution in [-0.2, 0) is 6.54 Å². The molecule has 1 aliphatic heterocycles. The molecule has 0 spiro atoms. The van der Waals surface area contributed by atoms with Crippen LogP contribution in [0.2, 0.25) is 0 Å². The number of hydrogen-bond donors (Lipinski definition) is 1. The number of hydrogen-bond acceptors (Lipinski definition) is 3. The monoisotopic (exact) mass is 327 g/mol. The maximum absolute atomic E-state index is 12.8. The van der Waals surface area contributed by atoms with Crippen LogP contribution in [0, 0.1) is 0 Å². The van der Waals surface area contributed by atoms with Crippen molar-refractivity contribution in [3.8, 4) is 0 Å². The number of β-amino-alcohol motifs (C(OH)–C–C–N with tert-alkyl or cyclic N) is 1. The van der Waals surface area contributed by atoms with Crippen LogP contribution in [0.25, 0.3) is 0 Å². The van der Waals surface area contributed by atoms with E-state index in [1.54, 1.807) is 6.92 Å². The van der Waals surface area contributed by atoms with Crippen molar-refractivity contribution in [3.63, 3.8) is 0 Å². The van der Waals surface area contributed by atoms with Gasteiger partial charge < -0.3 is 14.6 Å². The van der Waals surface area contributed by atoms with E-state index in [-0.39, 0.29) is 12.0 Å². The van der Waals surface area contributed by atoms with Crippen LogP contribution in [-0.4, -0.2) is 64.2 Å². The Balaban J connectivity index is 1.63. The molecule has 24 heavy (non-hydrogen) atoms. The first-order chi connectivity index (χ1) is 11.6. The molecule has 1 saturated heterocycles. The van der Waals surface area contributed by atoms with Crippen LogP contribution < -0.4 is 0 Å². The van der Waals surface area contributed by atoms with Gasteiger partial charge in [0.05, 0.1) is 6.10 Å². The average molecular weight is 327 g/mol. The van der Waals surface area contributed by atoms with Crippen LogP contribution in [0.3, 0.4) is 0 Å². The van der Waals surface area contributed by atoms with Crippen molar-refractivity contribution < 1.29 is 9.90 Å². The number of carbonyl (C=O) groups is 1. The number of aliphatic hydroxyl groups is 1. The topological polar surface area (TPSA) is 48.7 Å². The molecular weight excluding hydrogens is 302 g/mol. The molecule has 0 bridgehead atoms. The summed E-state index contributed by atoms with van der Waals surface area (Å²) in [4.78, 5) is 17.0. The summed E-state index contributed by atoms with van der Waals surface area (Å²) >= 11 is 0. The SMILES string of the molecule is CC(O)CN1CCN(C(=O)c2cccn2Cc2ccccc2)CC1. The number of rotatable bonds is 5. The van der Waals surface area contributed by atoms with E-state index >= 15 is 0 Å². The zero-order valence-corrected chi connectivity index (χ0v) is 14.1. The lowest BCUT2D eigenvalue weighted by atomic mass is 10.2. The molecule has 1 aromatic carbocycles. The number of piperazine rings is 1. The standard InChI is InChI=1S/C19H25N3O2/c1-16(23)14-20-10-12-21(13-11-20)19(24)18-8-5-9-22(18)15-17-6-3-2-4-7-17/h2-9,16,23H,10-15H2,1H3. The summed E-state index contributed by atoms with van der Waals surface area (Å²) in [5, 5.41) is 9.48. The maximum Gasteiger partial charge on any atom is 0.270 e. The molecule has 1 aliphatic rings. The zero-order chi connectivity index (χ0) is 16.9. The fourth-order valence-electron chi connectivity index (χ4n) is 3.20. The molecule has 5 nitrogen and oxygen atoms in total. The van der Waals surface area contributed by atoms with E-state index in [0.717, 1.165) is 18.8 Å².